The van der Waals surface area contributed by atoms with Gasteiger partial charge in [-0.2, -0.15) is 0 Å². The zero-order chi connectivity index (χ0) is 13.1. The van der Waals surface area contributed by atoms with Crippen molar-refractivity contribution >= 4 is 11.9 Å². The van der Waals surface area contributed by atoms with Crippen LogP contribution in [0.2, 0.25) is 0 Å². The number of hydrogen-bond acceptors (Lipinski definition) is 4. The molecular weight excluding hydrogens is 222 g/mol. The quantitative estimate of drug-likeness (QED) is 0.346. The van der Waals surface area contributed by atoms with Crippen molar-refractivity contribution in [3.63, 3.8) is 0 Å². The number of hydrogen-bond donors (Lipinski definition) is 2. The third-order valence-electron chi connectivity index (χ3n) is 2.52. The van der Waals surface area contributed by atoms with E-state index in [1.165, 1.54) is 0 Å². The minimum atomic E-state index is -1.10. The fourth-order valence-corrected chi connectivity index (χ4v) is 1.43. The number of nitrogens with two attached hydrogens (primary N) is 1. The molecule has 0 aromatic heterocycles. The molecule has 1 unspecified atom stereocenters. The minimum Gasteiger partial charge on any atom is -0.481 e. The molecule has 5 nitrogen and oxygen atoms in total. The van der Waals surface area contributed by atoms with Crippen molar-refractivity contribution in [3.05, 3.63) is 0 Å². The molecule has 0 amide bonds. The molecule has 0 radical (unpaired) electrons. The largest absolute Gasteiger partial charge is 0.481 e. The van der Waals surface area contributed by atoms with E-state index in [9.17, 15) is 9.59 Å². The molecule has 0 fully saturated rings. The van der Waals surface area contributed by atoms with E-state index in [-0.39, 0.29) is 0 Å². The number of unbranched alkanes of at least 4 members (excludes halogenated alkanes) is 3. The summed E-state index contributed by atoms with van der Waals surface area (Å²) in [4.78, 5) is 22.4. The smallest absolute Gasteiger partial charge is 0.320 e. The Labute approximate surface area is 102 Å². The second-order valence-corrected chi connectivity index (χ2v) is 4.05. The summed E-state index contributed by atoms with van der Waals surface area (Å²) in [6, 6.07) is 0. The summed E-state index contributed by atoms with van der Waals surface area (Å²) in [6.45, 7) is 2.88. The first-order valence-electron chi connectivity index (χ1n) is 6.23. The van der Waals surface area contributed by atoms with E-state index in [1.54, 1.807) is 0 Å². The number of ether oxygens (including phenoxy) is 1. The van der Waals surface area contributed by atoms with E-state index >= 15 is 0 Å². The SMILES string of the molecule is CCCCOC(=O)C(CCCCCN)C(=O)O. The van der Waals surface area contributed by atoms with Crippen LogP contribution in [0.25, 0.3) is 0 Å². The van der Waals surface area contributed by atoms with Crippen LogP contribution in [0.5, 0.6) is 0 Å². The van der Waals surface area contributed by atoms with Gasteiger partial charge in [0.2, 0.25) is 0 Å². The molecule has 17 heavy (non-hydrogen) atoms. The maximum Gasteiger partial charge on any atom is 0.320 e. The maximum absolute atomic E-state index is 11.5. The number of carboxylic acid groups (broad SMARTS) is 1. The molecule has 0 bridgehead atoms. The Morgan fingerprint density at radius 1 is 1.24 bits per heavy atom. The van der Waals surface area contributed by atoms with Gasteiger partial charge in [-0.25, -0.2) is 0 Å². The number of esters is 1. The van der Waals surface area contributed by atoms with Crippen LogP contribution in [0.4, 0.5) is 0 Å². The van der Waals surface area contributed by atoms with Crippen molar-refractivity contribution < 1.29 is 19.4 Å². The topological polar surface area (TPSA) is 89.6 Å². The summed E-state index contributed by atoms with van der Waals surface area (Å²) in [5, 5.41) is 8.93. The Morgan fingerprint density at radius 2 is 1.94 bits per heavy atom. The number of carbonyl (C=O) groups excluding carboxylic acids is 1. The van der Waals surface area contributed by atoms with Gasteiger partial charge in [-0.1, -0.05) is 26.2 Å². The van der Waals surface area contributed by atoms with Gasteiger partial charge in [0.05, 0.1) is 6.61 Å². The average Bonchev–Trinajstić information content (AvgIpc) is 2.28. The Kier molecular flexibility index (Phi) is 9.43. The fraction of sp³-hybridized carbons (Fsp3) is 0.833. The zero-order valence-electron chi connectivity index (χ0n) is 10.5. The van der Waals surface area contributed by atoms with E-state index in [1.807, 2.05) is 6.92 Å². The summed E-state index contributed by atoms with van der Waals surface area (Å²) in [7, 11) is 0. The first-order chi connectivity index (χ1) is 8.13. The Morgan fingerprint density at radius 3 is 2.47 bits per heavy atom. The van der Waals surface area contributed by atoms with Crippen LogP contribution < -0.4 is 5.73 Å². The predicted molar refractivity (Wildman–Crippen MR) is 64.5 cm³/mol. The summed E-state index contributed by atoms with van der Waals surface area (Å²) in [5.74, 6) is -2.73. The van der Waals surface area contributed by atoms with Gasteiger partial charge in [0.1, 0.15) is 0 Å². The Bertz CT molecular complexity index is 231. The lowest BCUT2D eigenvalue weighted by Crippen LogP contribution is -2.26. The van der Waals surface area contributed by atoms with Gasteiger partial charge in [-0.3, -0.25) is 9.59 Å². The van der Waals surface area contributed by atoms with Gasteiger partial charge in [0, 0.05) is 0 Å². The molecule has 0 spiro atoms. The molecular formula is C12H23NO4. The second-order valence-electron chi connectivity index (χ2n) is 4.05. The van der Waals surface area contributed by atoms with Gasteiger partial charge in [0.15, 0.2) is 5.92 Å². The van der Waals surface area contributed by atoms with Gasteiger partial charge < -0.3 is 15.6 Å². The predicted octanol–water partition coefficient (Wildman–Crippen LogP) is 1.55. The van der Waals surface area contributed by atoms with Crippen molar-refractivity contribution in [2.45, 2.75) is 45.4 Å². The van der Waals surface area contributed by atoms with Crippen LogP contribution in [-0.2, 0) is 14.3 Å². The van der Waals surface area contributed by atoms with Crippen molar-refractivity contribution in [2.75, 3.05) is 13.2 Å². The lowest BCUT2D eigenvalue weighted by Gasteiger charge is -2.11. The number of carboxylic acids is 1. The highest BCUT2D eigenvalue weighted by molar-refractivity contribution is 5.93. The normalized spacial score (nSPS) is 12.1. The van der Waals surface area contributed by atoms with E-state index in [0.717, 1.165) is 25.7 Å². The zero-order valence-corrected chi connectivity index (χ0v) is 10.5. The molecule has 0 aliphatic heterocycles. The van der Waals surface area contributed by atoms with Gasteiger partial charge in [0.25, 0.3) is 0 Å². The highest BCUT2D eigenvalue weighted by Crippen LogP contribution is 2.12. The lowest BCUT2D eigenvalue weighted by molar-refractivity contribution is -0.159. The maximum atomic E-state index is 11.5. The standard InChI is InChI=1S/C12H23NO4/c1-2-3-9-17-12(16)10(11(14)15)7-5-4-6-8-13/h10H,2-9,13H2,1H3,(H,14,15). The summed E-state index contributed by atoms with van der Waals surface area (Å²) >= 11 is 0. The molecule has 0 saturated heterocycles. The lowest BCUT2D eigenvalue weighted by atomic mass is 10.0. The van der Waals surface area contributed by atoms with Crippen LogP contribution in [0, 0.1) is 5.92 Å². The number of carbonyl (C=O) groups is 2. The molecule has 0 aromatic carbocycles. The van der Waals surface area contributed by atoms with Crippen molar-refractivity contribution in [3.8, 4) is 0 Å². The molecule has 100 valence electrons. The summed E-state index contributed by atoms with van der Waals surface area (Å²) < 4.78 is 4.92. The van der Waals surface area contributed by atoms with Crippen molar-refractivity contribution in [1.29, 1.82) is 0 Å². The average molecular weight is 245 g/mol. The third kappa shape index (κ3) is 7.74. The van der Waals surface area contributed by atoms with E-state index in [2.05, 4.69) is 0 Å². The first-order valence-corrected chi connectivity index (χ1v) is 6.23. The Hall–Kier alpha value is -1.10. The van der Waals surface area contributed by atoms with Crippen LogP contribution >= 0.6 is 0 Å². The molecule has 0 rings (SSSR count). The van der Waals surface area contributed by atoms with E-state index in [0.29, 0.717) is 26.0 Å². The minimum absolute atomic E-state index is 0.307. The number of aliphatic carboxylic acids is 1. The van der Waals surface area contributed by atoms with E-state index in [4.69, 9.17) is 15.6 Å². The summed E-state index contributed by atoms with van der Waals surface area (Å²) in [5.41, 5.74) is 5.34. The third-order valence-corrected chi connectivity index (χ3v) is 2.52. The van der Waals surface area contributed by atoms with Crippen LogP contribution in [0.3, 0.4) is 0 Å². The Balaban J connectivity index is 3.95. The molecule has 0 saturated carbocycles. The fourth-order valence-electron chi connectivity index (χ4n) is 1.43. The highest BCUT2D eigenvalue weighted by atomic mass is 16.5. The second kappa shape index (κ2) is 10.1. The molecule has 5 heteroatoms. The van der Waals surface area contributed by atoms with Crippen LogP contribution in [-0.4, -0.2) is 30.2 Å². The molecule has 0 heterocycles. The van der Waals surface area contributed by atoms with E-state index < -0.39 is 17.9 Å². The summed E-state index contributed by atoms with van der Waals surface area (Å²) in [6.07, 6.45) is 4.42. The van der Waals surface area contributed by atoms with Crippen LogP contribution in [0.15, 0.2) is 0 Å². The molecule has 1 atom stereocenters. The van der Waals surface area contributed by atoms with Crippen molar-refractivity contribution in [2.24, 2.45) is 11.7 Å². The molecule has 0 aromatic rings. The first kappa shape index (κ1) is 15.9. The molecule has 3 N–H and O–H groups in total. The van der Waals surface area contributed by atoms with Crippen LogP contribution in [0.1, 0.15) is 45.4 Å². The molecule has 0 aliphatic carbocycles. The highest BCUT2D eigenvalue weighted by Gasteiger charge is 2.26. The van der Waals surface area contributed by atoms with Gasteiger partial charge in [-0.15, -0.1) is 0 Å². The van der Waals surface area contributed by atoms with Gasteiger partial charge >= 0.3 is 11.9 Å². The van der Waals surface area contributed by atoms with Crippen molar-refractivity contribution in [1.82, 2.24) is 0 Å². The number of rotatable bonds is 10. The van der Waals surface area contributed by atoms with Gasteiger partial charge in [-0.05, 0) is 25.8 Å². The molecule has 0 aliphatic rings. The monoisotopic (exact) mass is 245 g/mol.